The fraction of sp³-hybridized carbons (Fsp3) is 0.404. The number of aromatic hydroxyl groups is 2. The van der Waals surface area contributed by atoms with Gasteiger partial charge in [0.25, 0.3) is 5.91 Å². The molecule has 0 saturated carbocycles. The Bertz CT molecular complexity index is 3150. The van der Waals surface area contributed by atoms with Crippen molar-refractivity contribution in [1.29, 1.82) is 5.26 Å². The molecule has 0 bridgehead atoms. The largest absolute Gasteiger partial charge is 0.508 e. The number of primary amides is 1. The lowest BCUT2D eigenvalue weighted by molar-refractivity contribution is -0.132. The summed E-state index contributed by atoms with van der Waals surface area (Å²) in [5.41, 5.74) is 11.6. The zero-order valence-electron chi connectivity index (χ0n) is 43.1. The van der Waals surface area contributed by atoms with Gasteiger partial charge in [0.1, 0.15) is 17.3 Å². The second-order valence-corrected chi connectivity index (χ2v) is 20.3. The summed E-state index contributed by atoms with van der Waals surface area (Å²) in [5.74, 6) is 0.978. The molecule has 6 heterocycles. The van der Waals surface area contributed by atoms with Gasteiger partial charge in [-0.1, -0.05) is 62.0 Å². The maximum absolute atomic E-state index is 13.7. The number of nitrogens with zero attached hydrogens (tertiary/aromatic N) is 12. The number of nitrogens with one attached hydrogen (secondary N) is 1. The summed E-state index contributed by atoms with van der Waals surface area (Å²) in [6, 6.07) is 27.5. The lowest BCUT2D eigenvalue weighted by atomic mass is 9.95. The van der Waals surface area contributed by atoms with Gasteiger partial charge in [0.05, 0.1) is 36.3 Å². The number of phenolic OH excluding ortho intramolecular Hbond substituents is 2. The van der Waals surface area contributed by atoms with Crippen molar-refractivity contribution in [2.45, 2.75) is 64.6 Å². The molecular weight excluding hydrogens is 961 g/mol. The number of phenols is 2. The minimum Gasteiger partial charge on any atom is -0.508 e. The Labute approximate surface area is 442 Å². The van der Waals surface area contributed by atoms with Gasteiger partial charge >= 0.3 is 0 Å². The summed E-state index contributed by atoms with van der Waals surface area (Å²) in [6.07, 6.45) is 5.04. The van der Waals surface area contributed by atoms with Crippen LogP contribution in [0, 0.1) is 17.2 Å². The number of carbonyl (C=O) groups is 3. The standard InChI is InChI=1S/C57H66N14O5/c1-3-40-32-46(50(73)33-49(40)72)55-63-64-56(53(59)76)71(55)42-14-12-38(13-15-42)34-65-26-28-66(29-27-65)35-39-18-23-67(24-19-39)52(75)17-22-60-57-61-47-37-68(48-11-7-9-41-8-5-6-10-44(41)48)25-20-45(47)54(62-57)69-30-31-70(51(74)4-2)43(36-69)16-21-58/h4-15,32-33,39,43,72-73H,2-3,16-20,22-31,34-37H2,1H3,(H2,59,76)(H,60,61,62). The Morgan fingerprint density at radius 1 is 0.868 bits per heavy atom. The first-order chi connectivity index (χ1) is 37.0. The van der Waals surface area contributed by atoms with Crippen molar-refractivity contribution < 1.29 is 24.6 Å². The summed E-state index contributed by atoms with van der Waals surface area (Å²) < 4.78 is 1.53. The van der Waals surface area contributed by atoms with E-state index in [9.17, 15) is 29.9 Å². The molecule has 76 heavy (non-hydrogen) atoms. The summed E-state index contributed by atoms with van der Waals surface area (Å²) in [6.45, 7) is 15.9. The van der Waals surface area contributed by atoms with Gasteiger partial charge in [0, 0.05) is 120 Å². The van der Waals surface area contributed by atoms with E-state index in [0.29, 0.717) is 74.2 Å². The molecule has 19 nitrogen and oxygen atoms in total. The summed E-state index contributed by atoms with van der Waals surface area (Å²) >= 11 is 0. The van der Waals surface area contributed by atoms with Gasteiger partial charge in [-0.05, 0) is 78.5 Å². The van der Waals surface area contributed by atoms with Crippen LogP contribution in [0.15, 0.2) is 91.5 Å². The molecule has 4 aromatic carbocycles. The molecule has 3 fully saturated rings. The molecule has 2 aromatic heterocycles. The van der Waals surface area contributed by atoms with Crippen LogP contribution in [0.4, 0.5) is 17.5 Å². The maximum atomic E-state index is 13.7. The molecular formula is C57H66N14O5. The lowest BCUT2D eigenvalue weighted by Gasteiger charge is -2.42. The third kappa shape index (κ3) is 11.0. The van der Waals surface area contributed by atoms with E-state index in [4.69, 9.17) is 15.7 Å². The van der Waals surface area contributed by atoms with E-state index < -0.39 is 5.91 Å². The van der Waals surface area contributed by atoms with Gasteiger partial charge in [-0.25, -0.2) is 4.98 Å². The number of anilines is 3. The molecule has 6 aromatic rings. The quantitative estimate of drug-likeness (QED) is 0.0880. The average molecular weight is 1030 g/mol. The number of benzene rings is 4. The molecule has 4 aliphatic rings. The summed E-state index contributed by atoms with van der Waals surface area (Å²) in [4.78, 5) is 62.4. The number of amides is 3. The van der Waals surface area contributed by atoms with E-state index in [1.807, 2.05) is 36.1 Å². The van der Waals surface area contributed by atoms with Crippen LogP contribution in [-0.4, -0.2) is 157 Å². The number of nitriles is 1. The van der Waals surface area contributed by atoms with Crippen molar-refractivity contribution in [3.63, 3.8) is 0 Å². The number of nitrogens with two attached hydrogens (primary N) is 1. The number of aromatic nitrogens is 5. The third-order valence-electron chi connectivity index (χ3n) is 15.6. The predicted octanol–water partition coefficient (Wildman–Crippen LogP) is 5.49. The molecule has 4 aliphatic heterocycles. The van der Waals surface area contributed by atoms with Crippen LogP contribution < -0.4 is 20.9 Å². The molecule has 394 valence electrons. The van der Waals surface area contributed by atoms with Gasteiger partial charge in [-0.2, -0.15) is 10.2 Å². The molecule has 3 saturated heterocycles. The number of carbonyl (C=O) groups excluding carboxylic acids is 3. The van der Waals surface area contributed by atoms with Crippen LogP contribution in [0.3, 0.4) is 0 Å². The Balaban J connectivity index is 0.715. The number of piperidine rings is 1. The molecule has 0 spiro atoms. The molecule has 10 rings (SSSR count). The van der Waals surface area contributed by atoms with Crippen molar-refractivity contribution in [2.24, 2.45) is 11.7 Å². The molecule has 0 radical (unpaired) electrons. The van der Waals surface area contributed by atoms with Gasteiger partial charge < -0.3 is 45.8 Å². The van der Waals surface area contributed by atoms with E-state index in [-0.39, 0.29) is 47.4 Å². The van der Waals surface area contributed by atoms with E-state index >= 15 is 0 Å². The molecule has 1 atom stereocenters. The van der Waals surface area contributed by atoms with Crippen molar-refractivity contribution in [1.82, 2.24) is 44.3 Å². The molecule has 3 amide bonds. The van der Waals surface area contributed by atoms with Gasteiger partial charge in [0.2, 0.25) is 23.6 Å². The fourth-order valence-corrected chi connectivity index (χ4v) is 11.4. The first kappa shape index (κ1) is 51.4. The highest BCUT2D eigenvalue weighted by molar-refractivity contribution is 5.94. The number of hydrogen-bond acceptors (Lipinski definition) is 15. The Morgan fingerprint density at radius 2 is 1.63 bits per heavy atom. The highest BCUT2D eigenvalue weighted by Crippen LogP contribution is 2.37. The smallest absolute Gasteiger partial charge is 0.287 e. The number of likely N-dealkylation sites (tertiary alicyclic amines) is 1. The van der Waals surface area contributed by atoms with Crippen molar-refractivity contribution in [3.05, 3.63) is 120 Å². The van der Waals surface area contributed by atoms with Crippen LogP contribution in [0.1, 0.15) is 65.6 Å². The second-order valence-electron chi connectivity index (χ2n) is 20.3. The SMILES string of the molecule is C=CC(=O)N1CCN(c2nc(NCCC(=O)N3CCC(CN4CCN(Cc5ccc(-n6c(C(N)=O)nnc6-c6cc(CC)c(O)cc6O)cc5)CC4)CC3)nc3c2CCN(c2cccc4ccccc24)C3)CC1CC#N. The van der Waals surface area contributed by atoms with Gasteiger partial charge in [-0.15, -0.1) is 10.2 Å². The van der Waals surface area contributed by atoms with Crippen LogP contribution in [0.5, 0.6) is 11.5 Å². The number of rotatable bonds is 16. The zero-order valence-corrected chi connectivity index (χ0v) is 43.1. The van der Waals surface area contributed by atoms with Crippen LogP contribution >= 0.6 is 0 Å². The van der Waals surface area contributed by atoms with Crippen molar-refractivity contribution >= 4 is 45.9 Å². The van der Waals surface area contributed by atoms with E-state index in [2.05, 4.69) is 90.2 Å². The first-order valence-corrected chi connectivity index (χ1v) is 26.5. The molecule has 0 aliphatic carbocycles. The van der Waals surface area contributed by atoms with Crippen molar-refractivity contribution in [2.75, 3.05) is 93.7 Å². The second kappa shape index (κ2) is 22.8. The highest BCUT2D eigenvalue weighted by atomic mass is 16.3. The monoisotopic (exact) mass is 1030 g/mol. The van der Waals surface area contributed by atoms with Crippen LogP contribution in [0.2, 0.25) is 0 Å². The van der Waals surface area contributed by atoms with Crippen LogP contribution in [-0.2, 0) is 35.5 Å². The number of fused-ring (bicyclic) bond motifs is 2. The maximum Gasteiger partial charge on any atom is 0.287 e. The third-order valence-corrected chi connectivity index (χ3v) is 15.6. The molecule has 5 N–H and O–H groups in total. The van der Waals surface area contributed by atoms with Crippen LogP contribution in [0.25, 0.3) is 27.8 Å². The molecule has 1 unspecified atom stereocenters. The fourth-order valence-electron chi connectivity index (χ4n) is 11.4. The highest BCUT2D eigenvalue weighted by Gasteiger charge is 2.34. The average Bonchev–Trinajstić information content (AvgIpc) is 3.92. The minimum absolute atomic E-state index is 0.0214. The van der Waals surface area contributed by atoms with Gasteiger partial charge in [0.15, 0.2) is 5.82 Å². The zero-order chi connectivity index (χ0) is 52.9. The van der Waals surface area contributed by atoms with E-state index in [0.717, 1.165) is 106 Å². The normalized spacial score (nSPS) is 17.6. The predicted molar refractivity (Wildman–Crippen MR) is 291 cm³/mol. The number of piperazine rings is 2. The summed E-state index contributed by atoms with van der Waals surface area (Å²) in [7, 11) is 0. The molecule has 19 heteroatoms. The lowest BCUT2D eigenvalue weighted by Crippen LogP contribution is -2.55. The van der Waals surface area contributed by atoms with Crippen molar-refractivity contribution in [3.8, 4) is 34.6 Å². The van der Waals surface area contributed by atoms with E-state index in [1.54, 1.807) is 11.0 Å². The number of hydrogen-bond donors (Lipinski definition) is 4. The topological polar surface area (TPSA) is 229 Å². The Morgan fingerprint density at radius 3 is 2.38 bits per heavy atom. The Kier molecular flexibility index (Phi) is 15.4. The van der Waals surface area contributed by atoms with E-state index in [1.165, 1.54) is 27.5 Å². The first-order valence-electron chi connectivity index (χ1n) is 26.5. The van der Waals surface area contributed by atoms with Gasteiger partial charge in [-0.3, -0.25) is 23.9 Å². The minimum atomic E-state index is -0.753. The number of aryl methyl sites for hydroxylation is 1. The summed E-state index contributed by atoms with van der Waals surface area (Å²) in [5, 5.41) is 44.8. The Hall–Kier alpha value is -8.08.